The van der Waals surface area contributed by atoms with Crippen molar-refractivity contribution in [2.24, 2.45) is 0 Å². The minimum atomic E-state index is -0.809. The summed E-state index contributed by atoms with van der Waals surface area (Å²) in [5, 5.41) is 8.62. The van der Waals surface area contributed by atoms with Gasteiger partial charge in [0.15, 0.2) is 0 Å². The van der Waals surface area contributed by atoms with Crippen LogP contribution in [0.2, 0.25) is 0 Å². The van der Waals surface area contributed by atoms with Gasteiger partial charge in [0.1, 0.15) is 0 Å². The van der Waals surface area contributed by atoms with E-state index in [9.17, 15) is 9.59 Å². The Labute approximate surface area is 108 Å². The lowest BCUT2D eigenvalue weighted by Gasteiger charge is -2.23. The first-order valence-electron chi connectivity index (χ1n) is 5.55. The van der Waals surface area contributed by atoms with Crippen LogP contribution in [-0.2, 0) is 14.3 Å². The topological polar surface area (TPSA) is 98.3 Å². The molecule has 6 nitrogen and oxygen atoms in total. The van der Waals surface area contributed by atoms with Gasteiger partial charge < -0.3 is 20.2 Å². The van der Waals surface area contributed by atoms with Crippen molar-refractivity contribution in [3.8, 4) is 0 Å². The molecule has 0 aliphatic carbocycles. The van der Waals surface area contributed by atoms with Crippen LogP contribution in [0.3, 0.4) is 0 Å². The van der Waals surface area contributed by atoms with Crippen molar-refractivity contribution in [1.29, 1.82) is 0 Å². The highest BCUT2D eigenvalue weighted by Gasteiger charge is 2.14. The summed E-state index contributed by atoms with van der Waals surface area (Å²) < 4.78 is 4.98. The summed E-state index contributed by atoms with van der Waals surface area (Å²) in [7, 11) is 3.76. The Bertz CT molecular complexity index is 288. The smallest absolute Gasteiger partial charge is 0.333 e. The molecule has 0 amide bonds. The summed E-state index contributed by atoms with van der Waals surface area (Å²) in [6.45, 7) is 5.36. The van der Waals surface area contributed by atoms with E-state index in [1.54, 1.807) is 6.92 Å². The van der Waals surface area contributed by atoms with Crippen LogP contribution < -0.4 is 0 Å². The number of carboxylic acids is 1. The lowest BCUT2D eigenvalue weighted by Crippen LogP contribution is -2.30. The molecule has 0 aromatic heterocycles. The SMILES string of the molecule is C=C(C)C(=O)OCCC(CCC(=O)O)N(C)C.O. The van der Waals surface area contributed by atoms with Gasteiger partial charge in [0, 0.05) is 18.0 Å². The number of aliphatic carboxylic acids is 1. The van der Waals surface area contributed by atoms with Gasteiger partial charge in [-0.25, -0.2) is 4.79 Å². The second-order valence-corrected chi connectivity index (χ2v) is 4.25. The lowest BCUT2D eigenvalue weighted by molar-refractivity contribution is -0.140. The van der Waals surface area contributed by atoms with Crippen LogP contribution in [0.1, 0.15) is 26.2 Å². The summed E-state index contributed by atoms with van der Waals surface area (Å²) in [5.41, 5.74) is 0.372. The Morgan fingerprint density at radius 1 is 1.33 bits per heavy atom. The van der Waals surface area contributed by atoms with Gasteiger partial charge in [-0.2, -0.15) is 0 Å². The van der Waals surface area contributed by atoms with E-state index >= 15 is 0 Å². The van der Waals surface area contributed by atoms with E-state index in [-0.39, 0.29) is 24.5 Å². The number of hydrogen-bond acceptors (Lipinski definition) is 4. The molecule has 6 heteroatoms. The van der Waals surface area contributed by atoms with Gasteiger partial charge in [-0.1, -0.05) is 6.58 Å². The molecule has 1 unspecified atom stereocenters. The fourth-order valence-corrected chi connectivity index (χ4v) is 1.36. The maximum Gasteiger partial charge on any atom is 0.333 e. The van der Waals surface area contributed by atoms with Gasteiger partial charge in [0.05, 0.1) is 6.61 Å². The lowest BCUT2D eigenvalue weighted by atomic mass is 10.1. The van der Waals surface area contributed by atoms with Gasteiger partial charge in [0.25, 0.3) is 0 Å². The van der Waals surface area contributed by atoms with Crippen molar-refractivity contribution in [1.82, 2.24) is 4.90 Å². The molecular weight excluding hydrogens is 238 g/mol. The van der Waals surface area contributed by atoms with E-state index < -0.39 is 11.9 Å². The van der Waals surface area contributed by atoms with Crippen LogP contribution in [0, 0.1) is 0 Å². The molecule has 0 fully saturated rings. The van der Waals surface area contributed by atoms with Gasteiger partial charge >= 0.3 is 11.9 Å². The number of ether oxygens (including phenoxy) is 1. The number of rotatable bonds is 8. The molecule has 0 heterocycles. The molecule has 18 heavy (non-hydrogen) atoms. The minimum Gasteiger partial charge on any atom is -0.481 e. The first-order chi connectivity index (χ1) is 7.84. The largest absolute Gasteiger partial charge is 0.481 e. The molecule has 0 saturated carbocycles. The number of carbonyl (C=O) groups excluding carboxylic acids is 1. The third-order valence-corrected chi connectivity index (χ3v) is 2.45. The Kier molecular flexibility index (Phi) is 10.1. The van der Waals surface area contributed by atoms with Crippen molar-refractivity contribution in [3.05, 3.63) is 12.2 Å². The van der Waals surface area contributed by atoms with E-state index in [0.717, 1.165) is 0 Å². The van der Waals surface area contributed by atoms with Gasteiger partial charge in [-0.05, 0) is 33.9 Å². The number of carbonyl (C=O) groups is 2. The summed E-state index contributed by atoms with van der Waals surface area (Å²) in [6.07, 6.45) is 1.30. The summed E-state index contributed by atoms with van der Waals surface area (Å²) in [5.74, 6) is -1.21. The standard InChI is InChI=1S/C12H21NO4.H2O/c1-9(2)12(16)17-8-7-10(13(3)4)5-6-11(14)15;/h10H,1,5-8H2,2-4H3,(H,14,15);1H2. The minimum absolute atomic E-state index is 0. The number of hydrogen-bond donors (Lipinski definition) is 1. The third kappa shape index (κ3) is 8.72. The van der Waals surface area contributed by atoms with E-state index in [1.165, 1.54) is 0 Å². The van der Waals surface area contributed by atoms with Crippen LogP contribution in [0.25, 0.3) is 0 Å². The van der Waals surface area contributed by atoms with E-state index in [0.29, 0.717) is 18.4 Å². The fraction of sp³-hybridized carbons (Fsp3) is 0.667. The highest BCUT2D eigenvalue weighted by atomic mass is 16.5. The predicted molar refractivity (Wildman–Crippen MR) is 68.3 cm³/mol. The average Bonchev–Trinajstić information content (AvgIpc) is 2.21. The Morgan fingerprint density at radius 3 is 2.28 bits per heavy atom. The summed E-state index contributed by atoms with van der Waals surface area (Å²) in [6, 6.07) is 0.101. The van der Waals surface area contributed by atoms with Crippen molar-refractivity contribution in [2.45, 2.75) is 32.2 Å². The molecule has 3 N–H and O–H groups in total. The molecular formula is C12H23NO5. The third-order valence-electron chi connectivity index (χ3n) is 2.45. The van der Waals surface area contributed by atoms with Crippen LogP contribution in [0.4, 0.5) is 0 Å². The molecule has 0 aliphatic rings. The molecule has 0 saturated heterocycles. The van der Waals surface area contributed by atoms with Crippen LogP contribution in [0.15, 0.2) is 12.2 Å². The van der Waals surface area contributed by atoms with Gasteiger partial charge in [-0.3, -0.25) is 4.79 Å². The molecule has 0 aliphatic heterocycles. The molecule has 1 atom stereocenters. The van der Waals surface area contributed by atoms with Gasteiger partial charge in [0.2, 0.25) is 0 Å². The highest BCUT2D eigenvalue weighted by Crippen LogP contribution is 2.08. The van der Waals surface area contributed by atoms with E-state index in [2.05, 4.69) is 6.58 Å². The van der Waals surface area contributed by atoms with Crippen LogP contribution in [0.5, 0.6) is 0 Å². The Morgan fingerprint density at radius 2 is 1.89 bits per heavy atom. The van der Waals surface area contributed by atoms with E-state index in [1.807, 2.05) is 19.0 Å². The zero-order chi connectivity index (χ0) is 13.4. The highest BCUT2D eigenvalue weighted by molar-refractivity contribution is 5.86. The second-order valence-electron chi connectivity index (χ2n) is 4.25. The maximum absolute atomic E-state index is 11.1. The Balaban J connectivity index is 0. The number of carboxylic acid groups (broad SMARTS) is 1. The average molecular weight is 261 g/mol. The van der Waals surface area contributed by atoms with Gasteiger partial charge in [-0.15, -0.1) is 0 Å². The normalized spacial score (nSPS) is 11.6. The molecule has 106 valence electrons. The molecule has 0 rings (SSSR count). The van der Waals surface area contributed by atoms with Crippen molar-refractivity contribution >= 4 is 11.9 Å². The predicted octanol–water partition coefficient (Wildman–Crippen LogP) is 0.466. The van der Waals surface area contributed by atoms with E-state index in [4.69, 9.17) is 9.84 Å². The zero-order valence-corrected chi connectivity index (χ0v) is 11.2. The fourth-order valence-electron chi connectivity index (χ4n) is 1.36. The Hall–Kier alpha value is -1.40. The first-order valence-corrected chi connectivity index (χ1v) is 5.55. The monoisotopic (exact) mass is 261 g/mol. The number of nitrogens with zero attached hydrogens (tertiary/aromatic N) is 1. The molecule has 0 aromatic rings. The van der Waals surface area contributed by atoms with Crippen molar-refractivity contribution < 1.29 is 24.9 Å². The van der Waals surface area contributed by atoms with Crippen molar-refractivity contribution in [3.63, 3.8) is 0 Å². The van der Waals surface area contributed by atoms with Crippen LogP contribution >= 0.6 is 0 Å². The molecule has 0 spiro atoms. The summed E-state index contributed by atoms with van der Waals surface area (Å²) >= 11 is 0. The quantitative estimate of drug-likeness (QED) is 0.505. The molecule has 0 bridgehead atoms. The molecule has 0 aromatic carbocycles. The number of esters is 1. The van der Waals surface area contributed by atoms with Crippen LogP contribution in [-0.4, -0.2) is 54.2 Å². The van der Waals surface area contributed by atoms with Crippen molar-refractivity contribution in [2.75, 3.05) is 20.7 Å². The second kappa shape index (κ2) is 9.61. The summed E-state index contributed by atoms with van der Waals surface area (Å²) in [4.78, 5) is 23.6. The zero-order valence-electron chi connectivity index (χ0n) is 11.2. The molecule has 0 radical (unpaired) electrons. The maximum atomic E-state index is 11.1. The first kappa shape index (κ1) is 19.0.